The fourth-order valence-electron chi connectivity index (χ4n) is 1.62. The Morgan fingerprint density at radius 2 is 1.62 bits per heavy atom. The highest BCUT2D eigenvalue weighted by atomic mass is 16.6. The van der Waals surface area contributed by atoms with Gasteiger partial charge in [-0.25, -0.2) is 4.79 Å². The summed E-state index contributed by atoms with van der Waals surface area (Å²) < 4.78 is 14.9. The number of carbonyl (C=O) groups is 1. The molecular weight excluding hydrogens is 267 g/mol. The molecule has 0 saturated carbocycles. The molecule has 0 heterocycles. The number of hydrogen-bond donors (Lipinski definition) is 0. The molecule has 0 fully saturated rings. The molecule has 0 saturated heterocycles. The summed E-state index contributed by atoms with van der Waals surface area (Å²) >= 11 is 0. The van der Waals surface area contributed by atoms with Crippen LogP contribution in [0.3, 0.4) is 0 Å². The van der Waals surface area contributed by atoms with Gasteiger partial charge in [-0.05, 0) is 17.1 Å². The fraction of sp³-hybridized carbons (Fsp3) is 0.188. The first-order valence-electron chi connectivity index (χ1n) is 6.46. The van der Waals surface area contributed by atoms with Crippen molar-refractivity contribution in [2.45, 2.75) is 0 Å². The van der Waals surface area contributed by atoms with Gasteiger partial charge in [-0.3, -0.25) is 0 Å². The van der Waals surface area contributed by atoms with Crippen molar-refractivity contribution >= 4 is 18.7 Å². The summed E-state index contributed by atoms with van der Waals surface area (Å²) in [5.41, 5.74) is 1.96. The van der Waals surface area contributed by atoms with Gasteiger partial charge in [-0.15, -0.1) is 0 Å². The summed E-state index contributed by atoms with van der Waals surface area (Å²) in [7, 11) is 4.06. The lowest BCUT2D eigenvalue weighted by Crippen LogP contribution is -2.16. The van der Waals surface area contributed by atoms with Gasteiger partial charge in [0, 0.05) is 20.3 Å². The van der Waals surface area contributed by atoms with E-state index in [1.54, 1.807) is 26.4 Å². The molecule has 0 aliphatic carbocycles. The van der Waals surface area contributed by atoms with Crippen LogP contribution in [-0.2, 0) is 18.8 Å². The lowest BCUT2D eigenvalue weighted by atomic mass is 9.84. The number of allylic oxidation sites excluding steroid dienone is 4. The summed E-state index contributed by atoms with van der Waals surface area (Å²) in [4.78, 5) is 11.0. The topological polar surface area (TPSA) is 44.8 Å². The zero-order valence-corrected chi connectivity index (χ0v) is 12.5. The molecular formula is C16H19BO4. The Labute approximate surface area is 125 Å². The van der Waals surface area contributed by atoms with Crippen LogP contribution < -0.4 is 0 Å². The number of benzene rings is 1. The van der Waals surface area contributed by atoms with Crippen molar-refractivity contribution in [1.82, 2.24) is 0 Å². The third-order valence-corrected chi connectivity index (χ3v) is 2.71. The first-order valence-corrected chi connectivity index (χ1v) is 6.46. The smallest absolute Gasteiger partial charge is 0.466 e. The molecule has 0 aliphatic rings. The molecule has 0 aliphatic heterocycles. The minimum Gasteiger partial charge on any atom is -0.466 e. The van der Waals surface area contributed by atoms with Crippen LogP contribution in [0.25, 0.3) is 5.57 Å². The van der Waals surface area contributed by atoms with E-state index in [-0.39, 0.29) is 0 Å². The summed E-state index contributed by atoms with van der Waals surface area (Å²) in [6.45, 7) is 0. The Morgan fingerprint density at radius 3 is 2.19 bits per heavy atom. The first kappa shape index (κ1) is 16.9. The van der Waals surface area contributed by atoms with E-state index in [4.69, 9.17) is 9.31 Å². The quantitative estimate of drug-likeness (QED) is 0.334. The molecule has 0 unspecified atom stereocenters. The number of esters is 1. The van der Waals surface area contributed by atoms with Crippen molar-refractivity contribution in [2.24, 2.45) is 0 Å². The van der Waals surface area contributed by atoms with Crippen molar-refractivity contribution in [2.75, 3.05) is 21.3 Å². The molecule has 4 nitrogen and oxygen atoms in total. The maximum Gasteiger partial charge on any atom is 0.486 e. The van der Waals surface area contributed by atoms with Crippen molar-refractivity contribution < 1.29 is 18.8 Å². The third kappa shape index (κ3) is 6.25. The Hall–Kier alpha value is -2.11. The van der Waals surface area contributed by atoms with Crippen LogP contribution in [0.5, 0.6) is 0 Å². The van der Waals surface area contributed by atoms with Gasteiger partial charge in [-0.1, -0.05) is 48.6 Å². The lowest BCUT2D eigenvalue weighted by Gasteiger charge is -2.07. The number of ether oxygens (including phenoxy) is 1. The average Bonchev–Trinajstić information content (AvgIpc) is 2.54. The Morgan fingerprint density at radius 1 is 1.00 bits per heavy atom. The van der Waals surface area contributed by atoms with Crippen molar-refractivity contribution in [3.8, 4) is 0 Å². The molecule has 0 amide bonds. The molecule has 0 spiro atoms. The van der Waals surface area contributed by atoms with E-state index in [9.17, 15) is 4.79 Å². The van der Waals surface area contributed by atoms with Crippen LogP contribution in [0.1, 0.15) is 5.56 Å². The van der Waals surface area contributed by atoms with Crippen LogP contribution in [0, 0.1) is 0 Å². The van der Waals surface area contributed by atoms with E-state index < -0.39 is 13.1 Å². The maximum absolute atomic E-state index is 11.0. The molecule has 0 aromatic heterocycles. The van der Waals surface area contributed by atoms with E-state index in [2.05, 4.69) is 4.74 Å². The molecule has 0 bridgehead atoms. The Kier molecular flexibility index (Phi) is 7.86. The number of hydrogen-bond acceptors (Lipinski definition) is 4. The number of rotatable bonds is 7. The highest BCUT2D eigenvalue weighted by Gasteiger charge is 2.11. The van der Waals surface area contributed by atoms with Crippen LogP contribution in [0.2, 0.25) is 0 Å². The normalized spacial score (nSPS) is 12.0. The summed E-state index contributed by atoms with van der Waals surface area (Å²) in [6.07, 6.45) is 6.61. The SMILES string of the molecule is COB(/C=C(/C=C/C=C/C(=O)OC)c1ccccc1)OC. The zero-order valence-electron chi connectivity index (χ0n) is 12.5. The predicted octanol–water partition coefficient (Wildman–Crippen LogP) is 2.68. The Bertz CT molecular complexity index is 516. The zero-order chi connectivity index (χ0) is 15.5. The molecule has 1 rings (SSSR count). The van der Waals surface area contributed by atoms with Crippen molar-refractivity contribution in [3.63, 3.8) is 0 Å². The summed E-state index contributed by atoms with van der Waals surface area (Å²) in [5.74, 6) is 1.47. The molecule has 1 aromatic rings. The predicted molar refractivity (Wildman–Crippen MR) is 84.5 cm³/mol. The Balaban J connectivity index is 2.95. The summed E-state index contributed by atoms with van der Waals surface area (Å²) in [5, 5.41) is 0. The van der Waals surface area contributed by atoms with Gasteiger partial charge in [-0.2, -0.15) is 0 Å². The molecule has 5 heteroatoms. The second-order valence-corrected chi connectivity index (χ2v) is 4.07. The van der Waals surface area contributed by atoms with Gasteiger partial charge in [0.25, 0.3) is 0 Å². The molecule has 21 heavy (non-hydrogen) atoms. The lowest BCUT2D eigenvalue weighted by molar-refractivity contribution is -0.134. The second-order valence-electron chi connectivity index (χ2n) is 4.07. The van der Waals surface area contributed by atoms with E-state index in [0.29, 0.717) is 0 Å². The van der Waals surface area contributed by atoms with Crippen LogP contribution in [0.4, 0.5) is 0 Å². The molecule has 110 valence electrons. The molecule has 0 atom stereocenters. The third-order valence-electron chi connectivity index (χ3n) is 2.71. The standard InChI is InChI=1S/C16H19BO4/c1-19-16(18)12-8-7-11-15(13-17(20-2)21-3)14-9-5-4-6-10-14/h4-13H,1-3H3/b11-7+,12-8+,15-13-. The van der Waals surface area contributed by atoms with Gasteiger partial charge in [0.1, 0.15) is 0 Å². The largest absolute Gasteiger partial charge is 0.486 e. The van der Waals surface area contributed by atoms with E-state index in [0.717, 1.165) is 11.1 Å². The van der Waals surface area contributed by atoms with Crippen LogP contribution in [0.15, 0.2) is 60.6 Å². The molecule has 0 radical (unpaired) electrons. The number of carbonyl (C=O) groups excluding carboxylic acids is 1. The van der Waals surface area contributed by atoms with Gasteiger partial charge in [0.15, 0.2) is 0 Å². The van der Waals surface area contributed by atoms with Gasteiger partial charge < -0.3 is 14.0 Å². The fourth-order valence-corrected chi connectivity index (χ4v) is 1.62. The van der Waals surface area contributed by atoms with Crippen LogP contribution >= 0.6 is 0 Å². The highest BCUT2D eigenvalue weighted by Crippen LogP contribution is 2.16. The van der Waals surface area contributed by atoms with Crippen molar-refractivity contribution in [1.29, 1.82) is 0 Å². The molecule has 1 aromatic carbocycles. The summed E-state index contributed by atoms with van der Waals surface area (Å²) in [6, 6.07) is 9.84. The maximum atomic E-state index is 11.0. The minimum atomic E-state index is -0.436. The van der Waals surface area contributed by atoms with Gasteiger partial charge >= 0.3 is 13.1 Å². The van der Waals surface area contributed by atoms with Crippen LogP contribution in [-0.4, -0.2) is 34.4 Å². The second kappa shape index (κ2) is 9.74. The van der Waals surface area contributed by atoms with Crippen molar-refractivity contribution in [3.05, 3.63) is 66.2 Å². The minimum absolute atomic E-state index is 0.392. The van der Waals surface area contributed by atoms with Gasteiger partial charge in [0.05, 0.1) is 7.11 Å². The average molecular weight is 286 g/mol. The van der Waals surface area contributed by atoms with E-state index in [1.165, 1.54) is 13.2 Å². The van der Waals surface area contributed by atoms with E-state index in [1.807, 2.05) is 42.4 Å². The highest BCUT2D eigenvalue weighted by molar-refractivity contribution is 6.52. The van der Waals surface area contributed by atoms with E-state index >= 15 is 0 Å². The number of methoxy groups -OCH3 is 1. The van der Waals surface area contributed by atoms with Gasteiger partial charge in [0.2, 0.25) is 0 Å². The first-order chi connectivity index (χ1) is 10.2. The molecule has 0 N–H and O–H groups in total. The monoisotopic (exact) mass is 286 g/mol.